The zero-order valence-corrected chi connectivity index (χ0v) is 10.5. The molecule has 1 aromatic heterocycles. The van der Waals surface area contributed by atoms with Gasteiger partial charge in [-0.25, -0.2) is 0 Å². The molecule has 0 radical (unpaired) electrons. The molecule has 76 valence electrons. The maximum atomic E-state index is 2.27. The quantitative estimate of drug-likeness (QED) is 0.578. The predicted octanol–water partition coefficient (Wildman–Crippen LogP) is 4.85. The molecular formula is C13H18S. The molecule has 0 aliphatic heterocycles. The molecule has 1 heterocycles. The van der Waals surface area contributed by atoms with Crippen LogP contribution in [0.25, 0.3) is 10.1 Å². The smallest absolute Gasteiger partial charge is 0.0377 e. The van der Waals surface area contributed by atoms with Crippen LogP contribution in [-0.2, 0) is 0 Å². The van der Waals surface area contributed by atoms with Gasteiger partial charge in [0.05, 0.1) is 0 Å². The summed E-state index contributed by atoms with van der Waals surface area (Å²) >= 11 is 1.84. The van der Waals surface area contributed by atoms with Crippen LogP contribution in [0, 0.1) is 20.8 Å². The number of rotatable bonds is 0. The van der Waals surface area contributed by atoms with Crippen molar-refractivity contribution in [2.75, 3.05) is 0 Å². The van der Waals surface area contributed by atoms with Crippen molar-refractivity contribution in [3.05, 3.63) is 34.2 Å². The first-order chi connectivity index (χ1) is 6.70. The van der Waals surface area contributed by atoms with E-state index in [1.165, 1.54) is 26.8 Å². The van der Waals surface area contributed by atoms with Crippen molar-refractivity contribution in [2.45, 2.75) is 34.6 Å². The summed E-state index contributed by atoms with van der Waals surface area (Å²) in [5.41, 5.74) is 4.24. The van der Waals surface area contributed by atoms with Gasteiger partial charge in [0.15, 0.2) is 0 Å². The first-order valence-electron chi connectivity index (χ1n) is 5.14. The van der Waals surface area contributed by atoms with Crippen LogP contribution < -0.4 is 0 Å². The second-order valence-electron chi connectivity index (χ2n) is 3.30. The topological polar surface area (TPSA) is 0 Å². The van der Waals surface area contributed by atoms with E-state index in [4.69, 9.17) is 0 Å². The summed E-state index contributed by atoms with van der Waals surface area (Å²) in [5, 5.41) is 3.59. The van der Waals surface area contributed by atoms with Crippen LogP contribution in [0.15, 0.2) is 17.5 Å². The van der Waals surface area contributed by atoms with Crippen LogP contribution in [0.4, 0.5) is 0 Å². The van der Waals surface area contributed by atoms with E-state index in [2.05, 4.69) is 38.3 Å². The zero-order chi connectivity index (χ0) is 10.7. The average Bonchev–Trinajstić information content (AvgIpc) is 2.67. The average molecular weight is 206 g/mol. The summed E-state index contributed by atoms with van der Waals surface area (Å²) in [6.45, 7) is 10.6. The van der Waals surface area contributed by atoms with E-state index in [0.717, 1.165) is 0 Å². The Labute approximate surface area is 90.6 Å². The number of benzene rings is 1. The molecule has 0 unspecified atom stereocenters. The van der Waals surface area contributed by atoms with Gasteiger partial charge in [-0.3, -0.25) is 0 Å². The molecule has 2 rings (SSSR count). The van der Waals surface area contributed by atoms with E-state index < -0.39 is 0 Å². The van der Waals surface area contributed by atoms with Crippen LogP contribution in [-0.4, -0.2) is 0 Å². The molecule has 0 saturated heterocycles. The minimum absolute atomic E-state index is 1.40. The molecule has 0 atom stereocenters. The minimum atomic E-state index is 1.40. The van der Waals surface area contributed by atoms with Crippen molar-refractivity contribution in [2.24, 2.45) is 0 Å². The van der Waals surface area contributed by atoms with Crippen molar-refractivity contribution in [1.82, 2.24) is 0 Å². The molecule has 0 aliphatic rings. The van der Waals surface area contributed by atoms with Gasteiger partial charge < -0.3 is 0 Å². The van der Waals surface area contributed by atoms with Crippen molar-refractivity contribution >= 4 is 21.4 Å². The summed E-state index contributed by atoms with van der Waals surface area (Å²) in [6.07, 6.45) is 0. The molecule has 2 aromatic rings. The lowest BCUT2D eigenvalue weighted by atomic mass is 10.0. The number of thiophene rings is 1. The molecular weight excluding hydrogens is 188 g/mol. The third-order valence-corrected chi connectivity index (χ3v) is 3.49. The second-order valence-corrected chi connectivity index (χ2v) is 4.21. The highest BCUT2D eigenvalue weighted by molar-refractivity contribution is 7.17. The molecule has 1 aromatic carbocycles. The fourth-order valence-corrected chi connectivity index (χ4v) is 2.63. The largest absolute Gasteiger partial charge is 0.144 e. The Hall–Kier alpha value is -0.820. The van der Waals surface area contributed by atoms with Crippen LogP contribution in [0.3, 0.4) is 0 Å². The lowest BCUT2D eigenvalue weighted by molar-refractivity contribution is 1.36. The Morgan fingerprint density at radius 2 is 1.64 bits per heavy atom. The lowest BCUT2D eigenvalue weighted by Gasteiger charge is -2.03. The third kappa shape index (κ3) is 1.83. The van der Waals surface area contributed by atoms with E-state index in [1.807, 2.05) is 25.2 Å². The Morgan fingerprint density at radius 3 is 2.29 bits per heavy atom. The van der Waals surface area contributed by atoms with E-state index in [-0.39, 0.29) is 0 Å². The second kappa shape index (κ2) is 4.61. The molecule has 0 aliphatic carbocycles. The van der Waals surface area contributed by atoms with E-state index in [9.17, 15) is 0 Å². The highest BCUT2D eigenvalue weighted by Crippen LogP contribution is 2.29. The van der Waals surface area contributed by atoms with Crippen LogP contribution in [0.2, 0.25) is 0 Å². The van der Waals surface area contributed by atoms with Gasteiger partial charge in [-0.2, -0.15) is 0 Å². The summed E-state index contributed by atoms with van der Waals surface area (Å²) in [7, 11) is 0. The normalized spacial score (nSPS) is 9.79. The standard InChI is InChI=1S/C11H12S.C2H6/c1-7-6-8(2)10-4-5-12-11(10)9(7)3;1-2/h4-6H,1-3H3;1-2H3. The van der Waals surface area contributed by atoms with Gasteiger partial charge in [0, 0.05) is 4.70 Å². The van der Waals surface area contributed by atoms with Crippen molar-refractivity contribution in [3.8, 4) is 0 Å². The van der Waals surface area contributed by atoms with Crippen LogP contribution in [0.1, 0.15) is 30.5 Å². The fourth-order valence-electron chi connectivity index (χ4n) is 1.60. The highest BCUT2D eigenvalue weighted by Gasteiger charge is 2.03. The van der Waals surface area contributed by atoms with Crippen molar-refractivity contribution in [3.63, 3.8) is 0 Å². The Morgan fingerprint density at radius 1 is 1.00 bits per heavy atom. The Kier molecular flexibility index (Phi) is 3.70. The van der Waals surface area contributed by atoms with Gasteiger partial charge in [-0.1, -0.05) is 19.9 Å². The molecule has 1 heteroatoms. The molecule has 0 nitrogen and oxygen atoms in total. The molecule has 14 heavy (non-hydrogen) atoms. The number of fused-ring (bicyclic) bond motifs is 1. The summed E-state index contributed by atoms with van der Waals surface area (Å²) in [5.74, 6) is 0. The number of hydrogen-bond acceptors (Lipinski definition) is 1. The SMILES string of the molecule is CC.Cc1cc(C)c2ccsc2c1C. The summed E-state index contributed by atoms with van der Waals surface area (Å²) < 4.78 is 1.45. The van der Waals surface area contributed by atoms with Gasteiger partial charge in [0.25, 0.3) is 0 Å². The molecule has 0 amide bonds. The molecule has 0 saturated carbocycles. The first-order valence-corrected chi connectivity index (χ1v) is 6.02. The Balaban J connectivity index is 0.000000461. The fraction of sp³-hybridized carbons (Fsp3) is 0.385. The maximum Gasteiger partial charge on any atom is 0.0377 e. The van der Waals surface area contributed by atoms with E-state index in [1.54, 1.807) is 0 Å². The van der Waals surface area contributed by atoms with Crippen molar-refractivity contribution < 1.29 is 0 Å². The van der Waals surface area contributed by atoms with Gasteiger partial charge >= 0.3 is 0 Å². The van der Waals surface area contributed by atoms with Crippen LogP contribution >= 0.6 is 11.3 Å². The van der Waals surface area contributed by atoms with Crippen LogP contribution in [0.5, 0.6) is 0 Å². The molecule has 0 fully saturated rings. The Bertz CT molecular complexity index is 424. The van der Waals surface area contributed by atoms with Gasteiger partial charge in [-0.15, -0.1) is 11.3 Å². The lowest BCUT2D eigenvalue weighted by Crippen LogP contribution is -1.83. The van der Waals surface area contributed by atoms with Gasteiger partial charge in [-0.05, 0) is 54.3 Å². The van der Waals surface area contributed by atoms with E-state index >= 15 is 0 Å². The predicted molar refractivity (Wildman–Crippen MR) is 67.4 cm³/mol. The zero-order valence-electron chi connectivity index (χ0n) is 9.64. The molecule has 0 N–H and O–H groups in total. The third-order valence-electron chi connectivity index (χ3n) is 2.46. The van der Waals surface area contributed by atoms with Gasteiger partial charge in [0.1, 0.15) is 0 Å². The summed E-state index contributed by atoms with van der Waals surface area (Å²) in [4.78, 5) is 0. The number of hydrogen-bond donors (Lipinski definition) is 0. The first kappa shape index (κ1) is 11.3. The molecule has 0 spiro atoms. The van der Waals surface area contributed by atoms with Gasteiger partial charge in [0.2, 0.25) is 0 Å². The monoisotopic (exact) mass is 206 g/mol. The molecule has 0 bridgehead atoms. The maximum absolute atomic E-state index is 2.27. The van der Waals surface area contributed by atoms with Crippen molar-refractivity contribution in [1.29, 1.82) is 0 Å². The highest BCUT2D eigenvalue weighted by atomic mass is 32.1. The number of aryl methyl sites for hydroxylation is 3. The summed E-state index contributed by atoms with van der Waals surface area (Å²) in [6, 6.07) is 4.48. The van der Waals surface area contributed by atoms with E-state index in [0.29, 0.717) is 0 Å². The minimum Gasteiger partial charge on any atom is -0.144 e.